The lowest BCUT2D eigenvalue weighted by Gasteiger charge is -2.36. The number of nitrogens with zero attached hydrogens (tertiary/aromatic N) is 16. The van der Waals surface area contributed by atoms with Gasteiger partial charge in [0.1, 0.15) is 0 Å². The standard InChI is InChI=1S/C82H144N24O32/c1-58(103-31-23-95(47-70(119)120)13-7-91(43-66(111)112)8-14-96(24-32-103)48-71(121)122)78(133)83-39-62(107)87-55-82(56-88-63(108)40-84-79(134)59(2)104-33-25-97(49-72(123)124)15-9-92(44-67(113)114)10-16-98(26-34-104)50-73(125)126,90-65(110)42-86-81(136)61(4)106-36-28-100(52-75(129)130)18-12-94(46-69(117)118)20-22-102(30-38-106)54-77(132)138-6)57-89-64(109)41-85-80(135)60(3)105-35-27-99(51-74(127)128)17-11-93(45-68(115)116)19-21-101(29-37-105)53-76(131)137-5/h58-61,74,127-128H,7-57H2,1-6H3,(H,83,133)(H,84,134)(H,85,135)(H,86,136)(H,87,107)(H,88,108)(H,89,109)(H,90,110)(H,111,112)(H,113,114)(H,115,116)(H,117,118)(H,119,120)(H,121,122)(H,123,124)(H,125,126)(H,129,130). The van der Waals surface area contributed by atoms with Crippen molar-refractivity contribution in [2.75, 3.05) is 348 Å². The third kappa shape index (κ3) is 50.2. The Labute approximate surface area is 799 Å². The van der Waals surface area contributed by atoms with E-state index < -0.39 is 247 Å². The normalized spacial score (nSPS) is 19.6. The van der Waals surface area contributed by atoms with Gasteiger partial charge in [0.15, 0.2) is 6.29 Å². The molecule has 0 radical (unpaired) electrons. The second-order valence-electron chi connectivity index (χ2n) is 34.4. The van der Waals surface area contributed by atoms with Crippen molar-refractivity contribution in [2.45, 2.75) is 63.7 Å². The van der Waals surface area contributed by atoms with Gasteiger partial charge in [-0.25, -0.2) is 0 Å². The number of carboxylic acid groups (broad SMARTS) is 9. The van der Waals surface area contributed by atoms with Gasteiger partial charge in [0.2, 0.25) is 47.3 Å². The molecule has 8 amide bonds. The molecule has 19 N–H and O–H groups in total. The van der Waals surface area contributed by atoms with Crippen molar-refractivity contribution >= 4 is 113 Å². The summed E-state index contributed by atoms with van der Waals surface area (Å²) >= 11 is 0. The van der Waals surface area contributed by atoms with E-state index in [-0.39, 0.29) is 236 Å². The summed E-state index contributed by atoms with van der Waals surface area (Å²) in [4.78, 5) is 276. The van der Waals surface area contributed by atoms with Gasteiger partial charge >= 0.3 is 65.7 Å². The fourth-order valence-corrected chi connectivity index (χ4v) is 15.7. The molecule has 4 rings (SSSR count). The van der Waals surface area contributed by atoms with Crippen LogP contribution in [0.2, 0.25) is 0 Å². The van der Waals surface area contributed by atoms with Crippen LogP contribution in [0.15, 0.2) is 0 Å². The number of aliphatic hydroxyl groups excluding tert-OH is 1. The summed E-state index contributed by atoms with van der Waals surface area (Å²) in [5.74, 6) is -19.2. The van der Waals surface area contributed by atoms with Crippen LogP contribution >= 0.6 is 0 Å². The number of nitrogens with one attached hydrogen (secondary N) is 8. The minimum atomic E-state index is -2.20. The molecule has 4 aliphatic heterocycles. The predicted molar refractivity (Wildman–Crippen MR) is 484 cm³/mol. The number of hydrogen-bond acceptors (Lipinski definition) is 39. The highest BCUT2D eigenvalue weighted by Gasteiger charge is 2.38. The average Bonchev–Trinajstić information content (AvgIpc) is 0.833. The molecule has 4 fully saturated rings. The third-order valence-corrected chi connectivity index (χ3v) is 24.0. The molecule has 0 aliphatic carbocycles. The average molecular weight is 1980 g/mol. The van der Waals surface area contributed by atoms with Gasteiger partial charge in [-0.2, -0.15) is 0 Å². The van der Waals surface area contributed by atoms with Crippen LogP contribution in [0.25, 0.3) is 0 Å². The van der Waals surface area contributed by atoms with Crippen LogP contribution in [0.3, 0.4) is 0 Å². The summed E-state index contributed by atoms with van der Waals surface area (Å²) in [5, 5.41) is 129. The summed E-state index contributed by atoms with van der Waals surface area (Å²) in [7, 11) is 2.36. The van der Waals surface area contributed by atoms with E-state index in [0.29, 0.717) is 0 Å². The van der Waals surface area contributed by atoms with Gasteiger partial charge in [-0.15, -0.1) is 0 Å². The van der Waals surface area contributed by atoms with Gasteiger partial charge in [-0.1, -0.05) is 0 Å². The van der Waals surface area contributed by atoms with E-state index in [0.717, 1.165) is 0 Å². The quantitative estimate of drug-likeness (QED) is 0.0199. The zero-order valence-corrected chi connectivity index (χ0v) is 79.6. The second-order valence-corrected chi connectivity index (χ2v) is 34.4. The second kappa shape index (κ2) is 63.7. The first-order valence-corrected chi connectivity index (χ1v) is 45.5. The smallest absolute Gasteiger partial charge is 0.319 e. The number of rotatable bonds is 47. The first-order chi connectivity index (χ1) is 65.2. The number of carboxylic acids is 9. The minimum absolute atomic E-state index is 0.000974. The summed E-state index contributed by atoms with van der Waals surface area (Å²) < 4.78 is 9.89. The topological polar surface area (TPSA) is 713 Å². The monoisotopic (exact) mass is 1980 g/mol. The lowest BCUT2D eigenvalue weighted by atomic mass is 9.98. The number of β-amino-alcohol motifs (C(OH)–C–C–N with tert-alkyl or cyclic N) is 2. The van der Waals surface area contributed by atoms with Crippen molar-refractivity contribution in [1.82, 2.24) is 121 Å². The number of esters is 2. The molecule has 0 aromatic rings. The molecule has 4 atom stereocenters. The van der Waals surface area contributed by atoms with Crippen LogP contribution in [-0.2, 0) is 101 Å². The highest BCUT2D eigenvalue weighted by Crippen LogP contribution is 2.14. The number of aliphatic hydroxyl groups is 2. The van der Waals surface area contributed by atoms with E-state index >= 15 is 0 Å². The lowest BCUT2D eigenvalue weighted by molar-refractivity contribution is -0.143. The summed E-state index contributed by atoms with van der Waals surface area (Å²) in [6.07, 6.45) is -1.83. The molecular formula is C82H144N24O32. The van der Waals surface area contributed by atoms with Gasteiger partial charge in [-0.05, 0) is 27.7 Å². The maximum atomic E-state index is 15.0. The first kappa shape index (κ1) is 120. The van der Waals surface area contributed by atoms with Crippen molar-refractivity contribution in [1.29, 1.82) is 0 Å². The van der Waals surface area contributed by atoms with E-state index in [4.69, 9.17) is 9.47 Å². The molecular weight excluding hydrogens is 1830 g/mol. The van der Waals surface area contributed by atoms with Crippen LogP contribution in [0.5, 0.6) is 0 Å². The zero-order valence-electron chi connectivity index (χ0n) is 79.6. The molecule has 0 aromatic heterocycles. The summed E-state index contributed by atoms with van der Waals surface area (Å²) in [5.41, 5.74) is -2.20. The third-order valence-electron chi connectivity index (χ3n) is 24.0. The number of carbonyl (C=O) groups is 19. The number of aliphatic carboxylic acids is 9. The summed E-state index contributed by atoms with van der Waals surface area (Å²) in [6.45, 7) is -3.31. The molecule has 56 nitrogen and oxygen atoms in total. The van der Waals surface area contributed by atoms with Gasteiger partial charge in [0.25, 0.3) is 0 Å². The Hall–Kier alpha value is -10.8. The van der Waals surface area contributed by atoms with Gasteiger partial charge in [-0.3, -0.25) is 169 Å². The molecule has 4 saturated heterocycles. The minimum Gasteiger partial charge on any atom is -0.480 e. The predicted octanol–water partition coefficient (Wildman–Crippen LogP) is -14.5. The SMILES string of the molecule is COC(=O)CN1CCN(CC(=O)O)CCN(CC(O)O)CCN(C(C)C(=O)NCC(=O)NCC(CNC(=O)CNC(=O)C(C)N2CCN(CC(=O)O)CCN(CC(=O)O)CCN(CC(=O)O)CC2)(CNC(=O)CNC(=O)C(C)N2CCN(CC(=O)O)CCN(CC(=O)O)CCN(CC(=O)O)CC2)NC(=O)CNC(=O)C(C)N2CCN(CC(=O)O)CCN(CC(=O)O)CCN(CC(=O)OC)CC2)CC1. The maximum Gasteiger partial charge on any atom is 0.319 e. The number of hydrogen-bond donors (Lipinski definition) is 19. The molecule has 0 spiro atoms. The molecule has 4 heterocycles. The largest absolute Gasteiger partial charge is 0.480 e. The number of ether oxygens (including phenoxy) is 2. The summed E-state index contributed by atoms with van der Waals surface area (Å²) in [6, 6.07) is -4.55. The van der Waals surface area contributed by atoms with Crippen LogP contribution in [0.4, 0.5) is 0 Å². The fourth-order valence-electron chi connectivity index (χ4n) is 15.7. The van der Waals surface area contributed by atoms with Crippen LogP contribution in [0.1, 0.15) is 27.7 Å². The molecule has 0 aromatic carbocycles. The molecule has 4 aliphatic rings. The number of carbonyl (C=O) groups excluding carboxylic acids is 10. The lowest BCUT2D eigenvalue weighted by Crippen LogP contribution is -2.68. The van der Waals surface area contributed by atoms with E-state index in [1.54, 1.807) is 44.1 Å². The van der Waals surface area contributed by atoms with Crippen LogP contribution < -0.4 is 42.5 Å². The Bertz CT molecular complexity index is 3790. The highest BCUT2D eigenvalue weighted by molar-refractivity contribution is 5.91. The maximum absolute atomic E-state index is 15.0. The Morgan fingerprint density at radius 1 is 0.239 bits per heavy atom. The van der Waals surface area contributed by atoms with E-state index in [2.05, 4.69) is 42.5 Å². The van der Waals surface area contributed by atoms with Crippen molar-refractivity contribution in [3.8, 4) is 0 Å². The van der Waals surface area contributed by atoms with Gasteiger partial charge in [0.05, 0.1) is 142 Å². The molecule has 4 unspecified atom stereocenters. The van der Waals surface area contributed by atoms with Crippen molar-refractivity contribution in [3.63, 3.8) is 0 Å². The molecule has 138 heavy (non-hydrogen) atoms. The van der Waals surface area contributed by atoms with Crippen LogP contribution in [0, 0.1) is 0 Å². The van der Waals surface area contributed by atoms with E-state index in [9.17, 15) is 147 Å². The molecule has 56 heteroatoms. The van der Waals surface area contributed by atoms with Crippen molar-refractivity contribution in [2.24, 2.45) is 0 Å². The Kier molecular flexibility index (Phi) is 55.2. The number of methoxy groups -OCH3 is 2. The Morgan fingerprint density at radius 2 is 0.399 bits per heavy atom. The molecule has 784 valence electrons. The Morgan fingerprint density at radius 3 is 0.572 bits per heavy atom. The van der Waals surface area contributed by atoms with E-state index in [1.807, 2.05) is 0 Å². The van der Waals surface area contributed by atoms with E-state index in [1.165, 1.54) is 76.2 Å². The van der Waals surface area contributed by atoms with Gasteiger partial charge in [0, 0.05) is 236 Å². The van der Waals surface area contributed by atoms with Crippen molar-refractivity contribution < 1.29 is 157 Å². The Balaban J connectivity index is 1.84. The van der Waals surface area contributed by atoms with Crippen LogP contribution in [-0.4, -0.2) is 631 Å². The van der Waals surface area contributed by atoms with Crippen molar-refractivity contribution in [3.05, 3.63) is 0 Å². The molecule has 0 saturated carbocycles. The molecule has 0 bridgehead atoms. The fraction of sp³-hybridized carbons (Fsp3) is 0.768. The highest BCUT2D eigenvalue weighted by atomic mass is 16.5. The first-order valence-electron chi connectivity index (χ1n) is 45.5. The van der Waals surface area contributed by atoms with Gasteiger partial charge < -0.3 is 108 Å². The zero-order chi connectivity index (χ0) is 103. The number of amides is 8.